The van der Waals surface area contributed by atoms with Crippen LogP contribution in [-0.4, -0.2) is 30.4 Å². The molecule has 9 heteroatoms. The first-order chi connectivity index (χ1) is 15.9. The molecular formula is C24H24N2O6S. The highest BCUT2D eigenvalue weighted by Gasteiger charge is 2.19. The molecule has 1 unspecified atom stereocenters. The summed E-state index contributed by atoms with van der Waals surface area (Å²) in [5, 5.41) is 6.79. The zero-order chi connectivity index (χ0) is 23.4. The molecule has 0 saturated carbocycles. The van der Waals surface area contributed by atoms with Crippen molar-refractivity contribution in [2.45, 2.75) is 37.5 Å². The fourth-order valence-corrected chi connectivity index (χ4v) is 4.57. The lowest BCUT2D eigenvalue weighted by molar-refractivity contribution is -0.124. The number of nitrogens with zero attached hydrogens (tertiary/aromatic N) is 1. The third-order valence-corrected chi connectivity index (χ3v) is 6.37. The maximum atomic E-state index is 12.7. The highest BCUT2D eigenvalue weighted by molar-refractivity contribution is 7.98. The van der Waals surface area contributed by atoms with Crippen LogP contribution in [0.5, 0.6) is 11.5 Å². The van der Waals surface area contributed by atoms with E-state index in [9.17, 15) is 9.59 Å². The molecule has 8 nitrogen and oxygen atoms in total. The second-order valence-corrected chi connectivity index (χ2v) is 8.58. The van der Waals surface area contributed by atoms with Crippen molar-refractivity contribution < 1.29 is 28.3 Å². The molecule has 1 N–H and O–H groups in total. The molecule has 1 aliphatic rings. The quantitative estimate of drug-likeness (QED) is 0.385. The maximum absolute atomic E-state index is 12.7. The zero-order valence-electron chi connectivity index (χ0n) is 18.5. The monoisotopic (exact) mass is 468 g/mol. The van der Waals surface area contributed by atoms with E-state index < -0.39 is 11.9 Å². The Morgan fingerprint density at radius 3 is 2.73 bits per heavy atom. The van der Waals surface area contributed by atoms with Crippen LogP contribution in [0.1, 0.15) is 45.9 Å². The lowest BCUT2D eigenvalue weighted by Crippen LogP contribution is -2.31. The summed E-state index contributed by atoms with van der Waals surface area (Å²) >= 11 is 1.49. The Morgan fingerprint density at radius 1 is 1.15 bits per heavy atom. The highest BCUT2D eigenvalue weighted by Crippen LogP contribution is 2.34. The Morgan fingerprint density at radius 2 is 1.94 bits per heavy atom. The molecule has 0 spiro atoms. The Hall–Kier alpha value is -3.46. The Labute approximate surface area is 195 Å². The van der Waals surface area contributed by atoms with Crippen LogP contribution in [0.15, 0.2) is 51.9 Å². The van der Waals surface area contributed by atoms with E-state index in [1.54, 1.807) is 18.2 Å². The lowest BCUT2D eigenvalue weighted by atomic mass is 10.1. The first-order valence-electron chi connectivity index (χ1n) is 10.4. The maximum Gasteiger partial charge on any atom is 0.339 e. The van der Waals surface area contributed by atoms with Crippen LogP contribution in [-0.2, 0) is 15.3 Å². The van der Waals surface area contributed by atoms with E-state index in [4.69, 9.17) is 18.7 Å². The lowest BCUT2D eigenvalue weighted by Gasteiger charge is -2.15. The van der Waals surface area contributed by atoms with Crippen molar-refractivity contribution in [1.29, 1.82) is 0 Å². The van der Waals surface area contributed by atoms with Crippen molar-refractivity contribution >= 4 is 23.6 Å². The van der Waals surface area contributed by atoms with Crippen LogP contribution >= 0.6 is 11.8 Å². The largest absolute Gasteiger partial charge is 0.454 e. The summed E-state index contributed by atoms with van der Waals surface area (Å²) in [6.07, 6.45) is 0. The number of carbonyl (C=O) groups excluding carboxylic acids is 2. The average Bonchev–Trinajstić information content (AvgIpc) is 3.41. The van der Waals surface area contributed by atoms with Gasteiger partial charge in [-0.15, -0.1) is 11.8 Å². The molecule has 0 aliphatic carbocycles. The number of benzene rings is 2. The number of ether oxygens (including phenoxy) is 3. The molecule has 0 radical (unpaired) electrons. The fraction of sp³-hybridized carbons (Fsp3) is 0.292. The van der Waals surface area contributed by atoms with E-state index in [2.05, 4.69) is 10.5 Å². The van der Waals surface area contributed by atoms with Gasteiger partial charge in [-0.25, -0.2) is 4.79 Å². The number of amides is 1. The SMILES string of the molecule is Cc1noc(C)c1CSc1ccccc1C(=O)OCC(=O)NC(C)c1ccc2c(c1)OCO2. The van der Waals surface area contributed by atoms with Crippen molar-refractivity contribution in [2.75, 3.05) is 13.4 Å². The van der Waals surface area contributed by atoms with Crippen molar-refractivity contribution in [3.05, 3.63) is 70.6 Å². The van der Waals surface area contributed by atoms with Gasteiger partial charge in [0, 0.05) is 16.2 Å². The summed E-state index contributed by atoms with van der Waals surface area (Å²) in [4.78, 5) is 25.8. The van der Waals surface area contributed by atoms with Crippen LogP contribution in [0, 0.1) is 13.8 Å². The minimum absolute atomic E-state index is 0.188. The van der Waals surface area contributed by atoms with Crippen LogP contribution in [0.3, 0.4) is 0 Å². The second kappa shape index (κ2) is 9.99. The van der Waals surface area contributed by atoms with Crippen LogP contribution in [0.4, 0.5) is 0 Å². The van der Waals surface area contributed by atoms with Crippen molar-refractivity contribution in [2.24, 2.45) is 0 Å². The molecule has 1 aliphatic heterocycles. The van der Waals surface area contributed by atoms with Gasteiger partial charge in [-0.1, -0.05) is 23.4 Å². The molecule has 0 fully saturated rings. The van der Waals surface area contributed by atoms with Gasteiger partial charge in [0.15, 0.2) is 18.1 Å². The predicted octanol–water partition coefficient (Wildman–Crippen LogP) is 4.35. The molecule has 172 valence electrons. The molecule has 2 aromatic carbocycles. The third-order valence-electron chi connectivity index (χ3n) is 5.27. The molecular weight excluding hydrogens is 444 g/mol. The summed E-state index contributed by atoms with van der Waals surface area (Å²) in [6.45, 7) is 5.40. The number of thioether (sulfide) groups is 1. The Kier molecular flexibility index (Phi) is 6.88. The molecule has 0 bridgehead atoms. The number of carbonyl (C=O) groups is 2. The Balaban J connectivity index is 1.32. The normalized spacial score (nSPS) is 12.9. The van der Waals surface area contributed by atoms with E-state index in [-0.39, 0.29) is 19.4 Å². The number of esters is 1. The molecule has 2 heterocycles. The third kappa shape index (κ3) is 5.31. The van der Waals surface area contributed by atoms with E-state index in [0.29, 0.717) is 22.8 Å². The zero-order valence-corrected chi connectivity index (χ0v) is 19.4. The summed E-state index contributed by atoms with van der Waals surface area (Å²) in [5.74, 6) is 1.74. The van der Waals surface area contributed by atoms with Gasteiger partial charge in [0.2, 0.25) is 6.79 Å². The van der Waals surface area contributed by atoms with Crippen molar-refractivity contribution in [3.63, 3.8) is 0 Å². The van der Waals surface area contributed by atoms with Gasteiger partial charge in [0.05, 0.1) is 17.3 Å². The van der Waals surface area contributed by atoms with Gasteiger partial charge >= 0.3 is 5.97 Å². The average molecular weight is 469 g/mol. The standard InChI is InChI=1S/C24H24N2O6S/c1-14(17-8-9-20-21(10-17)31-13-30-20)25-23(27)11-29-24(28)18-6-4-5-7-22(18)33-12-19-15(2)26-32-16(19)3/h4-10,14H,11-13H2,1-3H3,(H,25,27). The van der Waals surface area contributed by atoms with Crippen LogP contribution < -0.4 is 14.8 Å². The van der Waals surface area contributed by atoms with Crippen LogP contribution in [0.25, 0.3) is 0 Å². The molecule has 0 saturated heterocycles. The number of hydrogen-bond donors (Lipinski definition) is 1. The number of fused-ring (bicyclic) bond motifs is 1. The molecule has 33 heavy (non-hydrogen) atoms. The van der Waals surface area contributed by atoms with Crippen LogP contribution in [0.2, 0.25) is 0 Å². The first-order valence-corrected chi connectivity index (χ1v) is 11.4. The molecule has 1 atom stereocenters. The van der Waals surface area contributed by atoms with Gasteiger partial charge in [-0.3, -0.25) is 4.79 Å². The molecule has 4 rings (SSSR count). The summed E-state index contributed by atoms with van der Waals surface area (Å²) < 4.78 is 21.2. The van der Waals surface area contributed by atoms with Gasteiger partial charge in [-0.2, -0.15) is 0 Å². The molecule has 1 amide bonds. The Bertz CT molecular complexity index is 1160. The second-order valence-electron chi connectivity index (χ2n) is 7.57. The van der Waals surface area contributed by atoms with Gasteiger partial charge < -0.3 is 24.1 Å². The number of aromatic nitrogens is 1. The molecule has 3 aromatic rings. The number of hydrogen-bond acceptors (Lipinski definition) is 8. The van der Waals surface area contributed by atoms with E-state index in [1.807, 2.05) is 45.0 Å². The van der Waals surface area contributed by atoms with Crippen molar-refractivity contribution in [3.8, 4) is 11.5 Å². The summed E-state index contributed by atoms with van der Waals surface area (Å²) in [5.41, 5.74) is 3.10. The topological polar surface area (TPSA) is 99.9 Å². The van der Waals surface area contributed by atoms with E-state index >= 15 is 0 Å². The molecule has 1 aromatic heterocycles. The first kappa shape index (κ1) is 22.7. The number of rotatable bonds is 8. The smallest absolute Gasteiger partial charge is 0.339 e. The minimum Gasteiger partial charge on any atom is -0.454 e. The van der Waals surface area contributed by atoms with Crippen molar-refractivity contribution in [1.82, 2.24) is 10.5 Å². The van der Waals surface area contributed by atoms with E-state index in [1.165, 1.54) is 11.8 Å². The van der Waals surface area contributed by atoms with Gasteiger partial charge in [-0.05, 0) is 50.6 Å². The number of nitrogens with one attached hydrogen (secondary N) is 1. The summed E-state index contributed by atoms with van der Waals surface area (Å²) in [6, 6.07) is 12.3. The van der Waals surface area contributed by atoms with Gasteiger partial charge in [0.25, 0.3) is 5.91 Å². The number of aryl methyl sites for hydroxylation is 2. The van der Waals surface area contributed by atoms with E-state index in [0.717, 1.165) is 27.5 Å². The minimum atomic E-state index is -0.553. The highest BCUT2D eigenvalue weighted by atomic mass is 32.2. The summed E-state index contributed by atoms with van der Waals surface area (Å²) in [7, 11) is 0. The fourth-order valence-electron chi connectivity index (χ4n) is 3.38. The predicted molar refractivity (Wildman–Crippen MR) is 121 cm³/mol. The van der Waals surface area contributed by atoms with Gasteiger partial charge in [0.1, 0.15) is 5.76 Å².